The molecule has 2 N–H and O–H groups in total. The van der Waals surface area contributed by atoms with Crippen molar-refractivity contribution < 1.29 is 76.3 Å². The fourth-order valence-corrected chi connectivity index (χ4v) is 3.16. The molecule has 0 spiro atoms. The van der Waals surface area contributed by atoms with E-state index in [0.29, 0.717) is 0 Å². The highest BCUT2D eigenvalue weighted by molar-refractivity contribution is 5.88. The van der Waals surface area contributed by atoms with Crippen LogP contribution in [0.5, 0.6) is 0 Å². The summed E-state index contributed by atoms with van der Waals surface area (Å²) < 4.78 is 41.4. The molecule has 0 aliphatic heterocycles. The van der Waals surface area contributed by atoms with Crippen LogP contribution in [0.15, 0.2) is 73.9 Å². The first-order valence-electron chi connectivity index (χ1n) is 15.4. The van der Waals surface area contributed by atoms with Crippen LogP contribution in [0.2, 0.25) is 0 Å². The van der Waals surface area contributed by atoms with E-state index < -0.39 is 118 Å². The standard InChI is InChI=1S/C35H46N2O16/c1-11-26(38)46-13-34(15-48-28(40)22(3)4,16-49-29(41)23(5)6)19-52-32(44)36-21-37-33(45)53-20-35(14-47-27(39)12-2,17-50-30(42)24(7)8)18-51-31(43)25(9)10/h11-12H,1-3,5,7,9,13-21H2,4,6,8,10H3,(H,36,44)(H,37,45). The first-order valence-corrected chi connectivity index (χ1v) is 15.4. The van der Waals surface area contributed by atoms with E-state index in [1.54, 1.807) is 0 Å². The molecule has 53 heavy (non-hydrogen) atoms. The summed E-state index contributed by atoms with van der Waals surface area (Å²) in [5.41, 5.74) is -3.17. The molecule has 0 saturated carbocycles. The Morgan fingerprint density at radius 3 is 0.887 bits per heavy atom. The number of alkyl carbamates (subject to hydrolysis) is 2. The summed E-state index contributed by atoms with van der Waals surface area (Å²) in [4.78, 5) is 97.4. The number of hydrogen-bond donors (Lipinski definition) is 2. The topological polar surface area (TPSA) is 234 Å². The van der Waals surface area contributed by atoms with Crippen molar-refractivity contribution in [3.8, 4) is 0 Å². The molecule has 0 rings (SSSR count). The normalized spacial score (nSPS) is 10.5. The summed E-state index contributed by atoms with van der Waals surface area (Å²) in [6.07, 6.45) is -0.591. The lowest BCUT2D eigenvalue weighted by Crippen LogP contribution is -2.46. The predicted octanol–water partition coefficient (Wildman–Crippen LogP) is 2.30. The molecule has 0 fully saturated rings. The third-order valence-electron chi connectivity index (χ3n) is 6.29. The van der Waals surface area contributed by atoms with Gasteiger partial charge in [-0.05, 0) is 27.7 Å². The average Bonchev–Trinajstić information content (AvgIpc) is 3.12. The van der Waals surface area contributed by atoms with Crippen LogP contribution in [-0.2, 0) is 66.7 Å². The molecule has 0 radical (unpaired) electrons. The lowest BCUT2D eigenvalue weighted by molar-refractivity contribution is -0.162. The van der Waals surface area contributed by atoms with Gasteiger partial charge < -0.3 is 48.5 Å². The third-order valence-corrected chi connectivity index (χ3v) is 6.29. The summed E-state index contributed by atoms with van der Waals surface area (Å²) in [7, 11) is 0. The second-order valence-corrected chi connectivity index (χ2v) is 11.7. The van der Waals surface area contributed by atoms with Crippen LogP contribution in [0, 0.1) is 10.8 Å². The monoisotopic (exact) mass is 750 g/mol. The number of amides is 2. The molecule has 292 valence electrons. The van der Waals surface area contributed by atoms with Gasteiger partial charge in [0.15, 0.2) is 0 Å². The third kappa shape index (κ3) is 19.1. The largest absolute Gasteiger partial charge is 0.462 e. The maximum Gasteiger partial charge on any atom is 0.408 e. The zero-order chi connectivity index (χ0) is 40.8. The number of carbonyl (C=O) groups excluding carboxylic acids is 8. The Morgan fingerprint density at radius 1 is 0.434 bits per heavy atom. The van der Waals surface area contributed by atoms with Gasteiger partial charge in [-0.1, -0.05) is 39.5 Å². The highest BCUT2D eigenvalue weighted by Gasteiger charge is 2.39. The van der Waals surface area contributed by atoms with Crippen molar-refractivity contribution in [3.05, 3.63) is 73.9 Å². The summed E-state index contributed by atoms with van der Waals surface area (Å²) in [6.45, 7) is 20.6. The number of esters is 6. The van der Waals surface area contributed by atoms with E-state index in [1.807, 2.05) is 0 Å². The molecule has 0 unspecified atom stereocenters. The minimum atomic E-state index is -1.63. The molecule has 0 heterocycles. The van der Waals surface area contributed by atoms with Crippen molar-refractivity contribution in [2.24, 2.45) is 10.8 Å². The number of carbonyl (C=O) groups is 8. The minimum absolute atomic E-state index is 0.0216. The second kappa shape index (κ2) is 23.3. The van der Waals surface area contributed by atoms with Gasteiger partial charge in [0.1, 0.15) is 63.7 Å². The van der Waals surface area contributed by atoms with Gasteiger partial charge in [-0.15, -0.1) is 0 Å². The van der Waals surface area contributed by atoms with E-state index in [4.69, 9.17) is 37.9 Å². The van der Waals surface area contributed by atoms with Crippen LogP contribution >= 0.6 is 0 Å². The molecule has 0 aliphatic carbocycles. The molecule has 0 aromatic rings. The van der Waals surface area contributed by atoms with E-state index in [-0.39, 0.29) is 22.3 Å². The van der Waals surface area contributed by atoms with E-state index in [9.17, 15) is 38.4 Å². The molecule has 18 heteroatoms. The molecule has 0 bridgehead atoms. The van der Waals surface area contributed by atoms with E-state index in [1.165, 1.54) is 27.7 Å². The maximum atomic E-state index is 12.6. The van der Waals surface area contributed by atoms with E-state index >= 15 is 0 Å². The fraction of sp³-hybridized carbons (Fsp3) is 0.429. The molecule has 0 aromatic carbocycles. The molecule has 0 aliphatic rings. The first kappa shape index (κ1) is 46.8. The Kier molecular flexibility index (Phi) is 20.6. The summed E-state index contributed by atoms with van der Waals surface area (Å²) >= 11 is 0. The van der Waals surface area contributed by atoms with Gasteiger partial charge in [0, 0.05) is 34.4 Å². The van der Waals surface area contributed by atoms with Gasteiger partial charge in [0.2, 0.25) is 0 Å². The van der Waals surface area contributed by atoms with Crippen molar-refractivity contribution in [1.29, 1.82) is 0 Å². The predicted molar refractivity (Wildman–Crippen MR) is 184 cm³/mol. The first-order chi connectivity index (χ1) is 24.7. The van der Waals surface area contributed by atoms with Gasteiger partial charge in [0.25, 0.3) is 0 Å². The van der Waals surface area contributed by atoms with Gasteiger partial charge in [-0.25, -0.2) is 38.4 Å². The zero-order valence-electron chi connectivity index (χ0n) is 30.3. The Labute approximate surface area is 306 Å². The van der Waals surface area contributed by atoms with Crippen molar-refractivity contribution in [2.75, 3.05) is 59.5 Å². The Bertz CT molecular complexity index is 1310. The quantitative estimate of drug-likeness (QED) is 0.0623. The Balaban J connectivity index is 5.79. The van der Waals surface area contributed by atoms with Crippen LogP contribution in [0.1, 0.15) is 27.7 Å². The van der Waals surface area contributed by atoms with Gasteiger partial charge in [0.05, 0.1) is 6.67 Å². The SMILES string of the molecule is C=CC(=O)OCC(COC(=O)NCNC(=O)OCC(COC(=O)C=C)(COC(=O)C(=C)C)COC(=O)C(=C)C)(COC(=O)C(=C)C)COC(=O)C(=C)C. The molecule has 0 atom stereocenters. The molecule has 18 nitrogen and oxygen atoms in total. The van der Waals surface area contributed by atoms with Gasteiger partial charge in [-0.2, -0.15) is 0 Å². The zero-order valence-corrected chi connectivity index (χ0v) is 30.3. The second-order valence-electron chi connectivity index (χ2n) is 11.7. The van der Waals surface area contributed by atoms with Crippen LogP contribution in [-0.4, -0.2) is 108 Å². The number of rotatable bonds is 24. The number of nitrogens with one attached hydrogen (secondary N) is 2. The van der Waals surface area contributed by atoms with E-state index in [0.717, 1.165) is 12.2 Å². The maximum absolute atomic E-state index is 12.6. The van der Waals surface area contributed by atoms with Crippen molar-refractivity contribution in [3.63, 3.8) is 0 Å². The van der Waals surface area contributed by atoms with E-state index in [2.05, 4.69) is 50.1 Å². The van der Waals surface area contributed by atoms with Gasteiger partial charge in [-0.3, -0.25) is 0 Å². The van der Waals surface area contributed by atoms with Crippen molar-refractivity contribution in [1.82, 2.24) is 10.6 Å². The molecular formula is C35H46N2O16. The number of ether oxygens (including phenoxy) is 8. The van der Waals surface area contributed by atoms with Crippen molar-refractivity contribution >= 4 is 48.0 Å². The summed E-state index contributed by atoms with van der Waals surface area (Å²) in [5, 5.41) is 4.40. The van der Waals surface area contributed by atoms with Crippen LogP contribution in [0.4, 0.5) is 9.59 Å². The van der Waals surface area contributed by atoms with Gasteiger partial charge >= 0.3 is 48.0 Å². The van der Waals surface area contributed by atoms with Crippen molar-refractivity contribution in [2.45, 2.75) is 27.7 Å². The molecule has 0 aromatic heterocycles. The summed E-state index contributed by atoms with van der Waals surface area (Å²) in [5.74, 6) is -5.13. The summed E-state index contributed by atoms with van der Waals surface area (Å²) in [6, 6.07) is 0. The van der Waals surface area contributed by atoms with Crippen LogP contribution < -0.4 is 10.6 Å². The molecular weight excluding hydrogens is 704 g/mol. The molecule has 0 saturated heterocycles. The minimum Gasteiger partial charge on any atom is -0.462 e. The number of hydrogen-bond acceptors (Lipinski definition) is 16. The lowest BCUT2D eigenvalue weighted by Gasteiger charge is -2.31. The Hall–Kier alpha value is -6.20. The fourth-order valence-electron chi connectivity index (χ4n) is 3.16. The lowest BCUT2D eigenvalue weighted by atomic mass is 9.92. The molecule has 2 amide bonds. The highest BCUT2D eigenvalue weighted by Crippen LogP contribution is 2.24. The Morgan fingerprint density at radius 2 is 0.660 bits per heavy atom. The van der Waals surface area contributed by atoms with Crippen LogP contribution in [0.25, 0.3) is 0 Å². The van der Waals surface area contributed by atoms with Crippen LogP contribution in [0.3, 0.4) is 0 Å². The smallest absolute Gasteiger partial charge is 0.408 e. The highest BCUT2D eigenvalue weighted by atomic mass is 16.6. The average molecular weight is 751 g/mol.